The van der Waals surface area contributed by atoms with Crippen LogP contribution in [0.2, 0.25) is 0 Å². The van der Waals surface area contributed by atoms with E-state index in [1.54, 1.807) is 11.3 Å². The third-order valence-electron chi connectivity index (χ3n) is 4.29. The van der Waals surface area contributed by atoms with Crippen LogP contribution in [-0.2, 0) is 0 Å². The Labute approximate surface area is 159 Å². The molecule has 0 bridgehead atoms. The van der Waals surface area contributed by atoms with Crippen molar-refractivity contribution in [2.24, 2.45) is 0 Å². The van der Waals surface area contributed by atoms with Gasteiger partial charge in [0.1, 0.15) is 5.69 Å². The summed E-state index contributed by atoms with van der Waals surface area (Å²) in [5.41, 5.74) is 4.61. The Hall–Kier alpha value is -2.51. The molecule has 4 aromatic rings. The number of imidazole rings is 1. The highest BCUT2D eigenvalue weighted by molar-refractivity contribution is 7.15. The lowest BCUT2D eigenvalue weighted by Gasteiger charge is -2.11. The van der Waals surface area contributed by atoms with Gasteiger partial charge in [-0.05, 0) is 26.3 Å². The first-order valence-electron chi connectivity index (χ1n) is 8.28. The number of hydrogen-bond donors (Lipinski definition) is 1. The molecular weight excluding hydrogens is 364 g/mol. The van der Waals surface area contributed by atoms with Crippen LogP contribution in [0.4, 0.5) is 0 Å². The summed E-state index contributed by atoms with van der Waals surface area (Å²) in [5, 5.41) is 7.85. The third kappa shape index (κ3) is 3.04. The van der Waals surface area contributed by atoms with Crippen molar-refractivity contribution in [3.8, 4) is 11.3 Å². The van der Waals surface area contributed by atoms with Crippen LogP contribution < -0.4 is 5.32 Å². The summed E-state index contributed by atoms with van der Waals surface area (Å²) >= 11 is 3.05. The van der Waals surface area contributed by atoms with Crippen molar-refractivity contribution >= 4 is 33.5 Å². The predicted octanol–water partition coefficient (Wildman–Crippen LogP) is 4.63. The summed E-state index contributed by atoms with van der Waals surface area (Å²) in [7, 11) is 0. The molecule has 1 aromatic carbocycles. The second-order valence-corrected chi connectivity index (χ2v) is 8.10. The molecule has 132 valence electrons. The van der Waals surface area contributed by atoms with Gasteiger partial charge in [-0.3, -0.25) is 9.20 Å². The molecule has 0 aliphatic rings. The lowest BCUT2D eigenvalue weighted by Crippen LogP contribution is -2.27. The second kappa shape index (κ2) is 6.66. The normalized spacial score (nSPS) is 12.4. The smallest absolute Gasteiger partial charge is 0.269 e. The van der Waals surface area contributed by atoms with Crippen LogP contribution in [0.1, 0.15) is 39.7 Å². The van der Waals surface area contributed by atoms with Crippen LogP contribution in [0.15, 0.2) is 41.2 Å². The third-order valence-corrected chi connectivity index (χ3v) is 5.92. The molecule has 0 aliphatic heterocycles. The molecule has 3 heterocycles. The van der Waals surface area contributed by atoms with E-state index in [-0.39, 0.29) is 11.9 Å². The standard InChI is InChI=1S/C19H18N4OS2/c1-11-6-4-5-7-14(11)15-8-23-17(10-26-19(23)22-15)18(24)20-12(2)16-9-25-13(3)21-16/h4-10,12H,1-3H3,(H,20,24). The van der Waals surface area contributed by atoms with Gasteiger partial charge in [-0.15, -0.1) is 22.7 Å². The van der Waals surface area contributed by atoms with Crippen LogP contribution >= 0.6 is 22.7 Å². The van der Waals surface area contributed by atoms with Crippen LogP contribution in [0.3, 0.4) is 0 Å². The Bertz CT molecular complexity index is 1090. The number of amides is 1. The minimum absolute atomic E-state index is 0.122. The number of benzene rings is 1. The maximum atomic E-state index is 12.7. The molecule has 0 aliphatic carbocycles. The molecule has 26 heavy (non-hydrogen) atoms. The molecular formula is C19H18N4OS2. The van der Waals surface area contributed by atoms with Gasteiger partial charge in [0.05, 0.1) is 22.4 Å². The number of fused-ring (bicyclic) bond motifs is 1. The maximum absolute atomic E-state index is 12.7. The summed E-state index contributed by atoms with van der Waals surface area (Å²) in [4.78, 5) is 22.7. The van der Waals surface area contributed by atoms with E-state index < -0.39 is 0 Å². The van der Waals surface area contributed by atoms with Crippen molar-refractivity contribution in [3.63, 3.8) is 0 Å². The Morgan fingerprint density at radius 2 is 1.96 bits per heavy atom. The lowest BCUT2D eigenvalue weighted by atomic mass is 10.1. The zero-order valence-electron chi connectivity index (χ0n) is 14.7. The van der Waals surface area contributed by atoms with Crippen molar-refractivity contribution in [2.75, 3.05) is 0 Å². The van der Waals surface area contributed by atoms with Crippen molar-refractivity contribution < 1.29 is 4.79 Å². The number of hydrogen-bond acceptors (Lipinski definition) is 5. The molecule has 1 unspecified atom stereocenters. The Morgan fingerprint density at radius 3 is 2.69 bits per heavy atom. The van der Waals surface area contributed by atoms with Crippen LogP contribution in [0.25, 0.3) is 16.2 Å². The average Bonchev–Trinajstić information content (AvgIpc) is 3.30. The molecule has 0 saturated carbocycles. The van der Waals surface area contributed by atoms with Crippen LogP contribution in [-0.4, -0.2) is 20.3 Å². The van der Waals surface area contributed by atoms with Crippen LogP contribution in [0.5, 0.6) is 0 Å². The molecule has 3 aromatic heterocycles. The first-order chi connectivity index (χ1) is 12.5. The number of nitrogens with zero attached hydrogens (tertiary/aromatic N) is 3. The summed E-state index contributed by atoms with van der Waals surface area (Å²) in [6.45, 7) is 5.97. The van der Waals surface area contributed by atoms with Crippen molar-refractivity contribution in [2.45, 2.75) is 26.8 Å². The summed E-state index contributed by atoms with van der Waals surface area (Å²) in [6, 6.07) is 7.99. The fourth-order valence-electron chi connectivity index (χ4n) is 2.86. The molecule has 1 N–H and O–H groups in total. The number of carbonyl (C=O) groups is 1. The minimum Gasteiger partial charge on any atom is -0.343 e. The maximum Gasteiger partial charge on any atom is 0.269 e. The number of thiazole rings is 2. The van der Waals surface area contributed by atoms with Gasteiger partial charge in [-0.2, -0.15) is 0 Å². The van der Waals surface area contributed by atoms with E-state index in [1.165, 1.54) is 11.3 Å². The highest BCUT2D eigenvalue weighted by Crippen LogP contribution is 2.26. The average molecular weight is 383 g/mol. The highest BCUT2D eigenvalue weighted by Gasteiger charge is 2.19. The quantitative estimate of drug-likeness (QED) is 0.560. The number of carbonyl (C=O) groups excluding carboxylic acids is 1. The number of aromatic nitrogens is 3. The van der Waals surface area contributed by atoms with Gasteiger partial charge in [0.15, 0.2) is 4.96 Å². The van der Waals surface area contributed by atoms with Gasteiger partial charge in [-0.1, -0.05) is 24.3 Å². The molecule has 7 heteroatoms. The summed E-state index contributed by atoms with van der Waals surface area (Å²) < 4.78 is 1.86. The van der Waals surface area contributed by atoms with Crippen molar-refractivity contribution in [1.82, 2.24) is 19.7 Å². The van der Waals surface area contributed by atoms with Gasteiger partial charge in [0, 0.05) is 22.5 Å². The number of aryl methyl sites for hydroxylation is 2. The van der Waals surface area contributed by atoms with Crippen LogP contribution in [0, 0.1) is 13.8 Å². The Morgan fingerprint density at radius 1 is 1.15 bits per heavy atom. The first kappa shape index (κ1) is 16.9. The largest absolute Gasteiger partial charge is 0.343 e. The zero-order chi connectivity index (χ0) is 18.3. The van der Waals surface area contributed by atoms with Crippen molar-refractivity contribution in [1.29, 1.82) is 0 Å². The van der Waals surface area contributed by atoms with Gasteiger partial charge < -0.3 is 5.32 Å². The lowest BCUT2D eigenvalue weighted by molar-refractivity contribution is 0.0933. The minimum atomic E-state index is -0.137. The van der Waals surface area contributed by atoms with Gasteiger partial charge in [0.2, 0.25) is 0 Å². The number of nitrogens with one attached hydrogen (secondary N) is 1. The Balaban J connectivity index is 1.62. The van der Waals surface area contributed by atoms with Crippen molar-refractivity contribution in [3.05, 3.63) is 63.2 Å². The monoisotopic (exact) mass is 382 g/mol. The molecule has 5 nitrogen and oxygen atoms in total. The van der Waals surface area contributed by atoms with Gasteiger partial charge in [0.25, 0.3) is 5.91 Å². The highest BCUT2D eigenvalue weighted by atomic mass is 32.1. The van der Waals surface area contributed by atoms with E-state index >= 15 is 0 Å². The topological polar surface area (TPSA) is 59.3 Å². The number of rotatable bonds is 4. The predicted molar refractivity (Wildman–Crippen MR) is 106 cm³/mol. The summed E-state index contributed by atoms with van der Waals surface area (Å²) in [5.74, 6) is -0.122. The molecule has 0 fully saturated rings. The van der Waals surface area contributed by atoms with Gasteiger partial charge in [-0.25, -0.2) is 9.97 Å². The van der Waals surface area contributed by atoms with E-state index in [4.69, 9.17) is 0 Å². The molecule has 1 amide bonds. The summed E-state index contributed by atoms with van der Waals surface area (Å²) in [6.07, 6.45) is 1.93. The molecule has 4 rings (SSSR count). The molecule has 1 atom stereocenters. The molecule has 0 spiro atoms. The Kier molecular flexibility index (Phi) is 4.34. The van der Waals surface area contributed by atoms with E-state index in [0.717, 1.165) is 32.5 Å². The zero-order valence-corrected chi connectivity index (χ0v) is 16.3. The van der Waals surface area contributed by atoms with Gasteiger partial charge >= 0.3 is 0 Å². The van der Waals surface area contributed by atoms with E-state index in [2.05, 4.69) is 28.3 Å². The first-order valence-corrected chi connectivity index (χ1v) is 10.0. The fourth-order valence-corrected chi connectivity index (χ4v) is 4.42. The molecule has 0 saturated heterocycles. The van der Waals surface area contributed by atoms with E-state index in [0.29, 0.717) is 5.69 Å². The second-order valence-electron chi connectivity index (χ2n) is 6.20. The SMILES string of the molecule is Cc1nc(C(C)NC(=O)c2csc3nc(-c4ccccc4C)cn23)cs1. The van der Waals surface area contributed by atoms with E-state index in [9.17, 15) is 4.79 Å². The molecule has 0 radical (unpaired) electrons. The fraction of sp³-hybridized carbons (Fsp3) is 0.211. The van der Waals surface area contributed by atoms with E-state index in [1.807, 2.05) is 53.4 Å².